The minimum atomic E-state index is -0.809. The minimum Gasteiger partial charge on any atom is -0.459 e. The van der Waals surface area contributed by atoms with E-state index in [0.717, 1.165) is 0 Å². The lowest BCUT2D eigenvalue weighted by Crippen LogP contribution is -2.44. The Morgan fingerprint density at radius 1 is 1.16 bits per heavy atom. The van der Waals surface area contributed by atoms with Gasteiger partial charge in [0.25, 0.3) is 0 Å². The Morgan fingerprint density at radius 3 is 2.20 bits per heavy atom. The largest absolute Gasteiger partial charge is 0.459 e. The predicted molar refractivity (Wildman–Crippen MR) is 98.9 cm³/mol. The van der Waals surface area contributed by atoms with E-state index in [-0.39, 0.29) is 12.5 Å². The SMILES string of the molecule is CC(C)C[C@H](NC(=O)OC(C)(C)C)C(=O)OCc1c(Cl)cccc1Cl. The van der Waals surface area contributed by atoms with Crippen LogP contribution < -0.4 is 5.32 Å². The monoisotopic (exact) mass is 389 g/mol. The van der Waals surface area contributed by atoms with Gasteiger partial charge in [-0.15, -0.1) is 0 Å². The van der Waals surface area contributed by atoms with Gasteiger partial charge in [-0.05, 0) is 45.2 Å². The van der Waals surface area contributed by atoms with E-state index >= 15 is 0 Å². The first-order valence-electron chi connectivity index (χ1n) is 8.08. The first kappa shape index (κ1) is 21.6. The van der Waals surface area contributed by atoms with Crippen molar-refractivity contribution in [2.75, 3.05) is 0 Å². The lowest BCUT2D eigenvalue weighted by atomic mass is 10.0. The zero-order chi connectivity index (χ0) is 19.2. The van der Waals surface area contributed by atoms with Gasteiger partial charge < -0.3 is 14.8 Å². The molecule has 0 radical (unpaired) electrons. The van der Waals surface area contributed by atoms with Crippen LogP contribution in [0, 0.1) is 5.92 Å². The third kappa shape index (κ3) is 7.97. The van der Waals surface area contributed by atoms with E-state index in [2.05, 4.69) is 5.32 Å². The zero-order valence-corrected chi connectivity index (χ0v) is 16.7. The molecule has 140 valence electrons. The van der Waals surface area contributed by atoms with Crippen LogP contribution in [0.5, 0.6) is 0 Å². The summed E-state index contributed by atoms with van der Waals surface area (Å²) in [7, 11) is 0. The van der Waals surface area contributed by atoms with Gasteiger partial charge in [0, 0.05) is 15.6 Å². The second-order valence-corrected chi connectivity index (χ2v) is 7.95. The molecular weight excluding hydrogens is 365 g/mol. The molecule has 1 atom stereocenters. The van der Waals surface area contributed by atoms with Crippen LogP contribution >= 0.6 is 23.2 Å². The molecule has 1 N–H and O–H groups in total. The van der Waals surface area contributed by atoms with E-state index in [1.165, 1.54) is 0 Å². The molecule has 0 heterocycles. The lowest BCUT2D eigenvalue weighted by Gasteiger charge is -2.23. The van der Waals surface area contributed by atoms with Gasteiger partial charge in [0.15, 0.2) is 0 Å². The Morgan fingerprint density at radius 2 is 1.72 bits per heavy atom. The molecule has 0 saturated heterocycles. The van der Waals surface area contributed by atoms with E-state index < -0.39 is 23.7 Å². The third-order valence-electron chi connectivity index (χ3n) is 3.10. The number of esters is 1. The van der Waals surface area contributed by atoms with Gasteiger partial charge in [-0.1, -0.05) is 43.1 Å². The molecule has 0 aliphatic carbocycles. The summed E-state index contributed by atoms with van der Waals surface area (Å²) in [4.78, 5) is 24.4. The van der Waals surface area contributed by atoms with Crippen molar-refractivity contribution in [3.63, 3.8) is 0 Å². The van der Waals surface area contributed by atoms with Gasteiger partial charge in [-0.25, -0.2) is 9.59 Å². The highest BCUT2D eigenvalue weighted by molar-refractivity contribution is 6.35. The number of ether oxygens (including phenoxy) is 2. The number of nitrogens with one attached hydrogen (secondary N) is 1. The van der Waals surface area contributed by atoms with Crippen LogP contribution in [0.15, 0.2) is 18.2 Å². The maximum Gasteiger partial charge on any atom is 0.408 e. The quantitative estimate of drug-likeness (QED) is 0.696. The highest BCUT2D eigenvalue weighted by atomic mass is 35.5. The lowest BCUT2D eigenvalue weighted by molar-refractivity contribution is -0.148. The highest BCUT2D eigenvalue weighted by Gasteiger charge is 2.26. The Bertz CT molecular complexity index is 591. The molecule has 0 aliphatic rings. The molecule has 0 bridgehead atoms. The van der Waals surface area contributed by atoms with Crippen molar-refractivity contribution in [2.45, 2.75) is 59.3 Å². The van der Waals surface area contributed by atoms with Crippen LogP contribution in [-0.4, -0.2) is 23.7 Å². The van der Waals surface area contributed by atoms with Crippen LogP contribution in [-0.2, 0) is 20.9 Å². The van der Waals surface area contributed by atoms with Crippen LogP contribution in [0.4, 0.5) is 4.79 Å². The number of carbonyl (C=O) groups excluding carboxylic acids is 2. The fourth-order valence-corrected chi connectivity index (χ4v) is 2.56. The van der Waals surface area contributed by atoms with Crippen molar-refractivity contribution in [1.82, 2.24) is 5.32 Å². The van der Waals surface area contributed by atoms with Gasteiger partial charge in [0.1, 0.15) is 18.2 Å². The molecule has 25 heavy (non-hydrogen) atoms. The average Bonchev–Trinajstić information content (AvgIpc) is 2.43. The predicted octanol–water partition coefficient (Wildman–Crippen LogP) is 4.98. The summed E-state index contributed by atoms with van der Waals surface area (Å²) in [5, 5.41) is 3.40. The van der Waals surface area contributed by atoms with Gasteiger partial charge in [0.2, 0.25) is 0 Å². The number of benzene rings is 1. The molecule has 0 spiro atoms. The van der Waals surface area contributed by atoms with Crippen molar-refractivity contribution < 1.29 is 19.1 Å². The first-order valence-corrected chi connectivity index (χ1v) is 8.84. The molecule has 0 saturated carbocycles. The molecule has 1 rings (SSSR count). The van der Waals surface area contributed by atoms with E-state index in [1.807, 2.05) is 13.8 Å². The summed E-state index contributed by atoms with van der Waals surface area (Å²) in [6.45, 7) is 9.08. The number of rotatable bonds is 6. The third-order valence-corrected chi connectivity index (χ3v) is 3.81. The average molecular weight is 390 g/mol. The van der Waals surface area contributed by atoms with Crippen LogP contribution in [0.3, 0.4) is 0 Å². The van der Waals surface area contributed by atoms with Gasteiger partial charge >= 0.3 is 12.1 Å². The minimum absolute atomic E-state index is 0.0675. The Labute approximate surface area is 159 Å². The molecule has 1 aromatic rings. The second-order valence-electron chi connectivity index (χ2n) is 7.14. The topological polar surface area (TPSA) is 64.6 Å². The van der Waals surface area contributed by atoms with Crippen molar-refractivity contribution in [3.8, 4) is 0 Å². The number of alkyl carbamates (subject to hydrolysis) is 1. The van der Waals surface area contributed by atoms with Crippen molar-refractivity contribution >= 4 is 35.3 Å². The fourth-order valence-electron chi connectivity index (χ4n) is 2.05. The van der Waals surface area contributed by atoms with Gasteiger partial charge in [-0.2, -0.15) is 0 Å². The summed E-state index contributed by atoms with van der Waals surface area (Å²) in [6, 6.07) is 4.24. The van der Waals surface area contributed by atoms with E-state index in [4.69, 9.17) is 32.7 Å². The fraction of sp³-hybridized carbons (Fsp3) is 0.556. The molecule has 0 aromatic heterocycles. The molecular formula is C18H25Cl2NO4. The van der Waals surface area contributed by atoms with Gasteiger partial charge in [-0.3, -0.25) is 0 Å². The van der Waals surface area contributed by atoms with Crippen LogP contribution in [0.2, 0.25) is 10.0 Å². The summed E-state index contributed by atoms with van der Waals surface area (Å²) < 4.78 is 10.5. The van der Waals surface area contributed by atoms with E-state index in [9.17, 15) is 9.59 Å². The zero-order valence-electron chi connectivity index (χ0n) is 15.2. The summed E-state index contributed by atoms with van der Waals surface area (Å²) in [6.07, 6.45) is -0.236. The summed E-state index contributed by atoms with van der Waals surface area (Å²) >= 11 is 12.1. The van der Waals surface area contributed by atoms with Gasteiger partial charge in [0.05, 0.1) is 0 Å². The summed E-state index contributed by atoms with van der Waals surface area (Å²) in [5.41, 5.74) is -0.124. The number of amides is 1. The maximum absolute atomic E-state index is 12.4. The van der Waals surface area contributed by atoms with Crippen LogP contribution in [0.1, 0.15) is 46.6 Å². The Kier molecular flexibility index (Phi) is 8.03. The van der Waals surface area contributed by atoms with Crippen molar-refractivity contribution in [2.24, 2.45) is 5.92 Å². The van der Waals surface area contributed by atoms with E-state index in [1.54, 1.807) is 39.0 Å². The molecule has 0 fully saturated rings. The molecule has 0 aliphatic heterocycles. The Hall–Kier alpha value is -1.46. The first-order chi connectivity index (χ1) is 11.5. The summed E-state index contributed by atoms with van der Waals surface area (Å²) in [5.74, 6) is -0.382. The smallest absolute Gasteiger partial charge is 0.408 e. The normalized spacial score (nSPS) is 12.6. The van der Waals surface area contributed by atoms with Crippen molar-refractivity contribution in [1.29, 1.82) is 0 Å². The molecule has 7 heteroatoms. The molecule has 1 amide bonds. The highest BCUT2D eigenvalue weighted by Crippen LogP contribution is 2.25. The number of halogens is 2. The van der Waals surface area contributed by atoms with Crippen molar-refractivity contribution in [3.05, 3.63) is 33.8 Å². The maximum atomic E-state index is 12.4. The number of carbonyl (C=O) groups is 2. The standard InChI is InChI=1S/C18H25Cl2NO4/c1-11(2)9-15(21-17(23)25-18(3,4)5)16(22)24-10-12-13(19)7-6-8-14(12)20/h6-8,11,15H,9-10H2,1-5H3,(H,21,23)/t15-/m0/s1. The number of hydrogen-bond donors (Lipinski definition) is 1. The molecule has 1 aromatic carbocycles. The molecule has 5 nitrogen and oxygen atoms in total. The second kappa shape index (κ2) is 9.30. The van der Waals surface area contributed by atoms with Crippen LogP contribution in [0.25, 0.3) is 0 Å². The number of hydrogen-bond acceptors (Lipinski definition) is 4. The Balaban J connectivity index is 2.75. The molecule has 0 unspecified atom stereocenters. The van der Waals surface area contributed by atoms with E-state index in [0.29, 0.717) is 22.0 Å².